The summed E-state index contributed by atoms with van der Waals surface area (Å²) in [6, 6.07) is 16.2. The number of phenols is 1. The van der Waals surface area contributed by atoms with Gasteiger partial charge < -0.3 is 5.11 Å². The average molecular weight is 334 g/mol. The van der Waals surface area contributed by atoms with Crippen LogP contribution < -0.4 is 0 Å². The number of nitrogens with zero attached hydrogens (tertiary/aromatic N) is 1. The van der Waals surface area contributed by atoms with Crippen molar-refractivity contribution in [2.45, 2.75) is 19.4 Å². The summed E-state index contributed by atoms with van der Waals surface area (Å²) in [7, 11) is 2.09. The van der Waals surface area contributed by atoms with Gasteiger partial charge in [-0.25, -0.2) is 0 Å². The standard InChI is InChI=1S/C17H20BrNO/c1-13(16-12-15(18)8-9-17(16)20)19(2)11-10-14-6-4-3-5-7-14/h3-9,12-13,20H,10-11H2,1-2H3. The molecule has 0 aliphatic carbocycles. The molecular formula is C17H20BrNO. The van der Waals surface area contributed by atoms with Crippen molar-refractivity contribution in [3.8, 4) is 5.75 Å². The number of phenolic OH excluding ortho intramolecular Hbond substituents is 1. The fraction of sp³-hybridized carbons (Fsp3) is 0.294. The lowest BCUT2D eigenvalue weighted by Gasteiger charge is -2.25. The summed E-state index contributed by atoms with van der Waals surface area (Å²) in [5.74, 6) is 0.354. The van der Waals surface area contributed by atoms with E-state index in [1.165, 1.54) is 5.56 Å². The molecule has 0 fully saturated rings. The van der Waals surface area contributed by atoms with Crippen LogP contribution in [-0.4, -0.2) is 23.6 Å². The minimum Gasteiger partial charge on any atom is -0.508 e. The molecule has 2 aromatic carbocycles. The highest BCUT2D eigenvalue weighted by molar-refractivity contribution is 9.10. The highest BCUT2D eigenvalue weighted by atomic mass is 79.9. The van der Waals surface area contributed by atoms with E-state index in [9.17, 15) is 5.11 Å². The molecule has 3 heteroatoms. The first-order valence-electron chi connectivity index (χ1n) is 6.80. The zero-order valence-electron chi connectivity index (χ0n) is 11.9. The van der Waals surface area contributed by atoms with Gasteiger partial charge in [0, 0.05) is 22.6 Å². The molecule has 0 saturated carbocycles. The van der Waals surface area contributed by atoms with Gasteiger partial charge in [0.2, 0.25) is 0 Å². The van der Waals surface area contributed by atoms with Crippen molar-refractivity contribution in [1.29, 1.82) is 0 Å². The maximum atomic E-state index is 9.99. The minimum atomic E-state index is 0.177. The van der Waals surface area contributed by atoms with Crippen LogP contribution in [0.4, 0.5) is 0 Å². The first kappa shape index (κ1) is 15.1. The third kappa shape index (κ3) is 3.84. The predicted octanol–water partition coefficient (Wildman–Crippen LogP) is 4.39. The van der Waals surface area contributed by atoms with E-state index in [2.05, 4.69) is 59.1 Å². The van der Waals surface area contributed by atoms with E-state index in [1.807, 2.05) is 18.2 Å². The monoisotopic (exact) mass is 333 g/mol. The van der Waals surface area contributed by atoms with Crippen LogP contribution >= 0.6 is 15.9 Å². The van der Waals surface area contributed by atoms with Crippen molar-refractivity contribution < 1.29 is 5.11 Å². The third-order valence-corrected chi connectivity index (χ3v) is 4.19. The second-order valence-electron chi connectivity index (χ2n) is 5.10. The molecule has 0 heterocycles. The molecule has 106 valence electrons. The van der Waals surface area contributed by atoms with Gasteiger partial charge in [-0.3, -0.25) is 4.90 Å². The van der Waals surface area contributed by atoms with E-state index in [0.29, 0.717) is 5.75 Å². The Morgan fingerprint density at radius 1 is 1.15 bits per heavy atom. The van der Waals surface area contributed by atoms with Crippen LogP contribution in [0.5, 0.6) is 5.75 Å². The van der Waals surface area contributed by atoms with Crippen molar-refractivity contribution in [1.82, 2.24) is 4.90 Å². The van der Waals surface area contributed by atoms with E-state index < -0.39 is 0 Å². The lowest BCUT2D eigenvalue weighted by Crippen LogP contribution is -2.25. The normalized spacial score (nSPS) is 12.6. The van der Waals surface area contributed by atoms with Crippen LogP contribution in [0.15, 0.2) is 53.0 Å². The molecule has 2 aromatic rings. The predicted molar refractivity (Wildman–Crippen MR) is 87.0 cm³/mol. The Morgan fingerprint density at radius 3 is 2.55 bits per heavy atom. The fourth-order valence-electron chi connectivity index (χ4n) is 2.24. The van der Waals surface area contributed by atoms with E-state index in [1.54, 1.807) is 6.07 Å². The van der Waals surface area contributed by atoms with Crippen LogP contribution in [0.1, 0.15) is 24.1 Å². The van der Waals surface area contributed by atoms with Crippen LogP contribution in [0, 0.1) is 0 Å². The molecule has 20 heavy (non-hydrogen) atoms. The van der Waals surface area contributed by atoms with Crippen molar-refractivity contribution in [2.75, 3.05) is 13.6 Å². The third-order valence-electron chi connectivity index (χ3n) is 3.70. The lowest BCUT2D eigenvalue weighted by molar-refractivity contribution is 0.259. The van der Waals surface area contributed by atoms with Crippen molar-refractivity contribution in [3.63, 3.8) is 0 Å². The topological polar surface area (TPSA) is 23.5 Å². The second-order valence-corrected chi connectivity index (χ2v) is 6.01. The molecule has 0 spiro atoms. The number of likely N-dealkylation sites (N-methyl/N-ethyl adjacent to an activating group) is 1. The zero-order valence-corrected chi connectivity index (χ0v) is 13.5. The molecular weight excluding hydrogens is 314 g/mol. The number of halogens is 1. The number of benzene rings is 2. The highest BCUT2D eigenvalue weighted by Gasteiger charge is 2.15. The Morgan fingerprint density at radius 2 is 1.85 bits per heavy atom. The number of hydrogen-bond donors (Lipinski definition) is 1. The van der Waals surface area contributed by atoms with Crippen LogP contribution in [0.3, 0.4) is 0 Å². The molecule has 1 N–H and O–H groups in total. The average Bonchev–Trinajstić information content (AvgIpc) is 2.47. The van der Waals surface area contributed by atoms with Gasteiger partial charge in [-0.05, 0) is 44.2 Å². The van der Waals surface area contributed by atoms with Gasteiger partial charge in [-0.15, -0.1) is 0 Å². The van der Waals surface area contributed by atoms with Crippen LogP contribution in [0.25, 0.3) is 0 Å². The summed E-state index contributed by atoms with van der Waals surface area (Å²) in [6.45, 7) is 3.07. The molecule has 0 aliphatic heterocycles. The fourth-order valence-corrected chi connectivity index (χ4v) is 2.62. The number of hydrogen-bond acceptors (Lipinski definition) is 2. The van der Waals surface area contributed by atoms with Gasteiger partial charge in [0.1, 0.15) is 5.75 Å². The van der Waals surface area contributed by atoms with E-state index >= 15 is 0 Å². The van der Waals surface area contributed by atoms with Gasteiger partial charge in [0.25, 0.3) is 0 Å². The molecule has 0 aromatic heterocycles. The highest BCUT2D eigenvalue weighted by Crippen LogP contribution is 2.30. The summed E-state index contributed by atoms with van der Waals surface area (Å²) < 4.78 is 0.994. The molecule has 2 nitrogen and oxygen atoms in total. The maximum Gasteiger partial charge on any atom is 0.120 e. The van der Waals surface area contributed by atoms with Gasteiger partial charge in [0.15, 0.2) is 0 Å². The summed E-state index contributed by atoms with van der Waals surface area (Å²) in [6.07, 6.45) is 1.01. The summed E-state index contributed by atoms with van der Waals surface area (Å²) in [4.78, 5) is 2.26. The Labute approximate surface area is 129 Å². The molecule has 1 unspecified atom stereocenters. The zero-order chi connectivity index (χ0) is 14.5. The van der Waals surface area contributed by atoms with Gasteiger partial charge in [-0.2, -0.15) is 0 Å². The van der Waals surface area contributed by atoms with E-state index in [0.717, 1.165) is 23.0 Å². The number of rotatable bonds is 5. The first-order chi connectivity index (χ1) is 9.58. The van der Waals surface area contributed by atoms with Crippen molar-refractivity contribution >= 4 is 15.9 Å². The number of aromatic hydroxyl groups is 1. The molecule has 1 atom stereocenters. The molecule has 0 saturated heterocycles. The smallest absolute Gasteiger partial charge is 0.120 e. The van der Waals surface area contributed by atoms with E-state index in [4.69, 9.17) is 0 Å². The van der Waals surface area contributed by atoms with Gasteiger partial charge in [0.05, 0.1) is 0 Å². The minimum absolute atomic E-state index is 0.177. The summed E-state index contributed by atoms with van der Waals surface area (Å²) in [5.41, 5.74) is 2.29. The molecule has 2 rings (SSSR count). The Balaban J connectivity index is 2.01. The summed E-state index contributed by atoms with van der Waals surface area (Å²) >= 11 is 3.46. The molecule has 0 bridgehead atoms. The first-order valence-corrected chi connectivity index (χ1v) is 7.60. The molecule has 0 radical (unpaired) electrons. The van der Waals surface area contributed by atoms with Gasteiger partial charge >= 0.3 is 0 Å². The Bertz CT molecular complexity index is 556. The van der Waals surface area contributed by atoms with E-state index in [-0.39, 0.29) is 6.04 Å². The van der Waals surface area contributed by atoms with Crippen molar-refractivity contribution in [2.24, 2.45) is 0 Å². The molecule has 0 amide bonds. The Kier molecular flexibility index (Phi) is 5.21. The Hall–Kier alpha value is -1.32. The van der Waals surface area contributed by atoms with Crippen LogP contribution in [-0.2, 0) is 6.42 Å². The van der Waals surface area contributed by atoms with Crippen LogP contribution in [0.2, 0.25) is 0 Å². The second kappa shape index (κ2) is 6.91. The quantitative estimate of drug-likeness (QED) is 0.877. The molecule has 0 aliphatic rings. The lowest BCUT2D eigenvalue weighted by atomic mass is 10.1. The SMILES string of the molecule is CC(c1cc(Br)ccc1O)N(C)CCc1ccccc1. The van der Waals surface area contributed by atoms with Crippen molar-refractivity contribution in [3.05, 3.63) is 64.1 Å². The largest absolute Gasteiger partial charge is 0.508 e. The maximum absolute atomic E-state index is 9.99. The van der Waals surface area contributed by atoms with Gasteiger partial charge in [-0.1, -0.05) is 46.3 Å². The summed E-state index contributed by atoms with van der Waals surface area (Å²) in [5, 5.41) is 9.99.